The summed E-state index contributed by atoms with van der Waals surface area (Å²) in [5.74, 6) is 0.306. The van der Waals surface area contributed by atoms with Crippen molar-refractivity contribution in [1.29, 1.82) is 0 Å². The molecule has 0 radical (unpaired) electrons. The molecule has 3 rings (SSSR count). The molecule has 1 aromatic carbocycles. The highest BCUT2D eigenvalue weighted by molar-refractivity contribution is 5.93. The molecule has 1 aromatic heterocycles. The molecule has 1 saturated heterocycles. The SMILES string of the molecule is CCNC(=NCC(=O)Nc1cccnc1)NC1CCN(Cc2ccc(C(F)(F)F)cc2)C1. The third-order valence-corrected chi connectivity index (χ3v) is 4.97. The smallest absolute Gasteiger partial charge is 0.357 e. The minimum absolute atomic E-state index is 0.0355. The second kappa shape index (κ2) is 10.9. The van der Waals surface area contributed by atoms with Crippen LogP contribution in [0.25, 0.3) is 0 Å². The van der Waals surface area contributed by atoms with Gasteiger partial charge in [0, 0.05) is 38.4 Å². The maximum Gasteiger partial charge on any atom is 0.416 e. The topological polar surface area (TPSA) is 81.6 Å². The third kappa shape index (κ3) is 7.23. The number of hydrogen-bond acceptors (Lipinski definition) is 4. The van der Waals surface area contributed by atoms with E-state index in [2.05, 4.69) is 30.8 Å². The first kappa shape index (κ1) is 23.5. The van der Waals surface area contributed by atoms with Crippen molar-refractivity contribution in [3.05, 3.63) is 59.9 Å². The Balaban J connectivity index is 1.49. The predicted octanol–water partition coefficient (Wildman–Crippen LogP) is 2.87. The Bertz CT molecular complexity index is 902. The number of benzene rings is 1. The first-order chi connectivity index (χ1) is 15.3. The molecule has 2 heterocycles. The molecule has 0 bridgehead atoms. The summed E-state index contributed by atoms with van der Waals surface area (Å²) < 4.78 is 38.2. The minimum atomic E-state index is -4.32. The van der Waals surface area contributed by atoms with Crippen molar-refractivity contribution in [2.24, 2.45) is 4.99 Å². The van der Waals surface area contributed by atoms with E-state index in [0.29, 0.717) is 24.7 Å². The van der Waals surface area contributed by atoms with Crippen LogP contribution in [0.3, 0.4) is 0 Å². The predicted molar refractivity (Wildman–Crippen MR) is 117 cm³/mol. The Morgan fingerprint density at radius 1 is 1.25 bits per heavy atom. The van der Waals surface area contributed by atoms with E-state index >= 15 is 0 Å². The Morgan fingerprint density at radius 3 is 2.69 bits per heavy atom. The lowest BCUT2D eigenvalue weighted by molar-refractivity contribution is -0.137. The van der Waals surface area contributed by atoms with Crippen molar-refractivity contribution in [2.45, 2.75) is 32.1 Å². The molecule has 1 fully saturated rings. The largest absolute Gasteiger partial charge is 0.416 e. The molecule has 0 saturated carbocycles. The van der Waals surface area contributed by atoms with Crippen LogP contribution in [0.2, 0.25) is 0 Å². The Hall–Kier alpha value is -3.14. The van der Waals surface area contributed by atoms with Gasteiger partial charge in [-0.25, -0.2) is 4.99 Å². The normalized spacial score (nSPS) is 17.2. The van der Waals surface area contributed by atoms with Crippen LogP contribution in [-0.2, 0) is 17.5 Å². The number of amides is 1. The van der Waals surface area contributed by atoms with Gasteiger partial charge in [0.2, 0.25) is 5.91 Å². The highest BCUT2D eigenvalue weighted by Crippen LogP contribution is 2.29. The standard InChI is InChI=1S/C22H27F3N6O/c1-2-27-21(28-13-20(32)29-18-4-3-10-26-12-18)30-19-9-11-31(15-19)14-16-5-7-17(8-6-16)22(23,24)25/h3-8,10,12,19H,2,9,11,13-15H2,1H3,(H,29,32)(H2,27,28,30). The van der Waals surface area contributed by atoms with E-state index in [1.54, 1.807) is 24.5 Å². The van der Waals surface area contributed by atoms with Crippen molar-refractivity contribution in [3.8, 4) is 0 Å². The number of aliphatic imine (C=N–C) groups is 1. The average Bonchev–Trinajstić information content (AvgIpc) is 3.19. The van der Waals surface area contributed by atoms with Crippen molar-refractivity contribution in [2.75, 3.05) is 31.5 Å². The van der Waals surface area contributed by atoms with Crippen LogP contribution in [-0.4, -0.2) is 54.0 Å². The van der Waals surface area contributed by atoms with Crippen molar-refractivity contribution >= 4 is 17.6 Å². The number of carbonyl (C=O) groups is 1. The molecule has 0 aliphatic carbocycles. The number of nitrogens with zero attached hydrogens (tertiary/aromatic N) is 3. The summed E-state index contributed by atoms with van der Waals surface area (Å²) in [7, 11) is 0. The molecule has 7 nitrogen and oxygen atoms in total. The highest BCUT2D eigenvalue weighted by atomic mass is 19.4. The molecule has 1 atom stereocenters. The maximum absolute atomic E-state index is 12.7. The molecule has 10 heteroatoms. The van der Waals surface area contributed by atoms with Crippen molar-refractivity contribution in [3.63, 3.8) is 0 Å². The third-order valence-electron chi connectivity index (χ3n) is 4.97. The number of rotatable bonds is 7. The second-order valence-corrected chi connectivity index (χ2v) is 7.54. The number of guanidine groups is 1. The van der Waals surface area contributed by atoms with Gasteiger partial charge in [0.25, 0.3) is 0 Å². The molecule has 0 spiro atoms. The lowest BCUT2D eigenvalue weighted by Gasteiger charge is -2.19. The fourth-order valence-electron chi connectivity index (χ4n) is 3.45. The molecule has 1 unspecified atom stereocenters. The molecule has 2 aromatic rings. The minimum Gasteiger partial charge on any atom is -0.357 e. The molecule has 3 N–H and O–H groups in total. The lowest BCUT2D eigenvalue weighted by atomic mass is 10.1. The monoisotopic (exact) mass is 448 g/mol. The summed E-state index contributed by atoms with van der Waals surface area (Å²) in [6, 6.07) is 8.90. The number of alkyl halides is 3. The van der Waals surface area contributed by atoms with E-state index in [4.69, 9.17) is 0 Å². The number of halogens is 3. The number of likely N-dealkylation sites (tertiary alicyclic amines) is 1. The van der Waals surface area contributed by atoms with Crippen LogP contribution in [0.15, 0.2) is 53.8 Å². The molecule has 172 valence electrons. The van der Waals surface area contributed by atoms with Gasteiger partial charge in [-0.1, -0.05) is 12.1 Å². The van der Waals surface area contributed by atoms with E-state index in [1.165, 1.54) is 12.1 Å². The summed E-state index contributed by atoms with van der Waals surface area (Å²) in [6.45, 7) is 4.69. The van der Waals surface area contributed by atoms with Gasteiger partial charge in [0.15, 0.2) is 5.96 Å². The lowest BCUT2D eigenvalue weighted by Crippen LogP contribution is -2.45. The molecular formula is C22H27F3N6O. The van der Waals surface area contributed by atoms with Crippen molar-refractivity contribution < 1.29 is 18.0 Å². The Morgan fingerprint density at radius 2 is 2.03 bits per heavy atom. The van der Waals surface area contributed by atoms with E-state index in [1.807, 2.05) is 6.92 Å². The van der Waals surface area contributed by atoms with Crippen molar-refractivity contribution in [1.82, 2.24) is 20.5 Å². The fraction of sp³-hybridized carbons (Fsp3) is 0.409. The van der Waals surface area contributed by atoms with E-state index < -0.39 is 11.7 Å². The highest BCUT2D eigenvalue weighted by Gasteiger charge is 2.30. The Labute approximate surface area is 185 Å². The van der Waals surface area contributed by atoms with Gasteiger partial charge in [-0.2, -0.15) is 13.2 Å². The fourth-order valence-corrected chi connectivity index (χ4v) is 3.45. The number of anilines is 1. The quantitative estimate of drug-likeness (QED) is 0.448. The van der Waals surface area contributed by atoms with Gasteiger partial charge < -0.3 is 16.0 Å². The number of hydrogen-bond donors (Lipinski definition) is 3. The van der Waals surface area contributed by atoms with Crippen LogP contribution < -0.4 is 16.0 Å². The second-order valence-electron chi connectivity index (χ2n) is 7.54. The first-order valence-corrected chi connectivity index (χ1v) is 10.5. The molecule has 1 aliphatic rings. The molecule has 1 amide bonds. The van der Waals surface area contributed by atoms with Crippen LogP contribution >= 0.6 is 0 Å². The maximum atomic E-state index is 12.7. The number of pyridine rings is 1. The Kier molecular flexibility index (Phi) is 8.04. The van der Waals surface area contributed by atoms with Gasteiger partial charge in [-0.3, -0.25) is 14.7 Å². The molecule has 32 heavy (non-hydrogen) atoms. The number of nitrogens with one attached hydrogen (secondary N) is 3. The zero-order chi connectivity index (χ0) is 23.0. The summed E-state index contributed by atoms with van der Waals surface area (Å²) >= 11 is 0. The summed E-state index contributed by atoms with van der Waals surface area (Å²) in [4.78, 5) is 22.6. The summed E-state index contributed by atoms with van der Waals surface area (Å²) in [5, 5.41) is 9.21. The van der Waals surface area contributed by atoms with Gasteiger partial charge in [0.05, 0.1) is 17.4 Å². The van der Waals surface area contributed by atoms with E-state index in [9.17, 15) is 18.0 Å². The van der Waals surface area contributed by atoms with Gasteiger partial charge in [0.1, 0.15) is 6.54 Å². The zero-order valence-corrected chi connectivity index (χ0v) is 17.8. The molecule has 1 aliphatic heterocycles. The van der Waals surface area contributed by atoms with Crippen LogP contribution in [0.5, 0.6) is 0 Å². The number of carbonyl (C=O) groups excluding carboxylic acids is 1. The zero-order valence-electron chi connectivity index (χ0n) is 17.8. The van der Waals surface area contributed by atoms with Gasteiger partial charge in [-0.15, -0.1) is 0 Å². The number of aromatic nitrogens is 1. The van der Waals surface area contributed by atoms with Crippen LogP contribution in [0, 0.1) is 0 Å². The van der Waals surface area contributed by atoms with Gasteiger partial charge >= 0.3 is 6.18 Å². The average molecular weight is 448 g/mol. The molecular weight excluding hydrogens is 421 g/mol. The van der Waals surface area contributed by atoms with E-state index in [0.717, 1.165) is 37.2 Å². The van der Waals surface area contributed by atoms with Crippen LogP contribution in [0.1, 0.15) is 24.5 Å². The summed E-state index contributed by atoms with van der Waals surface area (Å²) in [6.07, 6.45) is -0.261. The first-order valence-electron chi connectivity index (χ1n) is 10.5. The summed E-state index contributed by atoms with van der Waals surface area (Å²) in [5.41, 5.74) is 0.813. The van der Waals surface area contributed by atoms with Crippen LogP contribution in [0.4, 0.5) is 18.9 Å². The van der Waals surface area contributed by atoms with E-state index in [-0.39, 0.29) is 18.5 Å². The van der Waals surface area contributed by atoms with Gasteiger partial charge in [-0.05, 0) is 43.2 Å².